The molecule has 0 unspecified atom stereocenters. The Kier molecular flexibility index (Phi) is 4.70. The van der Waals surface area contributed by atoms with Gasteiger partial charge in [0.2, 0.25) is 0 Å². The van der Waals surface area contributed by atoms with Crippen LogP contribution in [0.2, 0.25) is 0 Å². The van der Waals surface area contributed by atoms with E-state index in [-0.39, 0.29) is 5.56 Å². The summed E-state index contributed by atoms with van der Waals surface area (Å²) in [4.78, 5) is 21.6. The SMILES string of the molecule is CCc1nc([C@H]2CC[C@@H](C(C)(C)C)CC2)n2nc(-c3cccs3)[nH]c(=O)c12. The minimum Gasteiger partial charge on any atom is -0.303 e. The quantitative estimate of drug-likeness (QED) is 0.689. The molecule has 0 saturated heterocycles. The predicted octanol–water partition coefficient (Wildman–Crippen LogP) is 5.03. The Morgan fingerprint density at radius 2 is 2.00 bits per heavy atom. The first kappa shape index (κ1) is 18.4. The van der Waals surface area contributed by atoms with E-state index < -0.39 is 0 Å². The van der Waals surface area contributed by atoms with Crippen molar-refractivity contribution >= 4 is 16.9 Å². The van der Waals surface area contributed by atoms with Gasteiger partial charge in [0.1, 0.15) is 5.82 Å². The summed E-state index contributed by atoms with van der Waals surface area (Å²) in [6.07, 6.45) is 5.40. The van der Waals surface area contributed by atoms with Gasteiger partial charge in [0, 0.05) is 5.92 Å². The number of nitrogens with one attached hydrogen (secondary N) is 1. The molecule has 1 fully saturated rings. The van der Waals surface area contributed by atoms with Gasteiger partial charge in [-0.25, -0.2) is 9.50 Å². The smallest absolute Gasteiger partial charge is 0.277 e. The molecule has 6 heteroatoms. The standard InChI is InChI=1S/C21H28N4OS/c1-5-15-17-20(26)23-18(16-7-6-12-27-16)24-25(17)19(22-15)13-8-10-14(11-9-13)21(2,3)4/h6-7,12-14H,5,8-11H2,1-4H3,(H,23,24,26)/t13-,14+. The number of aryl methyl sites for hydroxylation is 1. The van der Waals surface area contributed by atoms with Crippen molar-refractivity contribution in [1.82, 2.24) is 19.6 Å². The summed E-state index contributed by atoms with van der Waals surface area (Å²) in [6.45, 7) is 9.07. The van der Waals surface area contributed by atoms with E-state index in [1.807, 2.05) is 22.0 Å². The van der Waals surface area contributed by atoms with Crippen molar-refractivity contribution in [2.24, 2.45) is 11.3 Å². The molecule has 27 heavy (non-hydrogen) atoms. The number of H-pyrrole nitrogens is 1. The number of rotatable bonds is 3. The highest BCUT2D eigenvalue weighted by Crippen LogP contribution is 2.43. The molecule has 1 aliphatic rings. The number of aromatic amines is 1. The van der Waals surface area contributed by atoms with Crippen LogP contribution < -0.4 is 5.56 Å². The van der Waals surface area contributed by atoms with Crippen molar-refractivity contribution in [3.63, 3.8) is 0 Å². The molecular formula is C21H28N4OS. The molecule has 1 saturated carbocycles. The van der Waals surface area contributed by atoms with Crippen LogP contribution >= 0.6 is 11.3 Å². The van der Waals surface area contributed by atoms with Gasteiger partial charge in [-0.3, -0.25) is 4.79 Å². The van der Waals surface area contributed by atoms with Crippen molar-refractivity contribution in [3.05, 3.63) is 39.4 Å². The molecule has 1 N–H and O–H groups in total. The predicted molar refractivity (Wildman–Crippen MR) is 110 cm³/mol. The second-order valence-electron chi connectivity index (χ2n) is 8.73. The number of nitrogens with zero attached hydrogens (tertiary/aromatic N) is 3. The molecule has 144 valence electrons. The summed E-state index contributed by atoms with van der Waals surface area (Å²) in [6, 6.07) is 3.96. The number of thiophene rings is 1. The summed E-state index contributed by atoms with van der Waals surface area (Å²) >= 11 is 1.58. The maximum absolute atomic E-state index is 12.8. The van der Waals surface area contributed by atoms with E-state index in [1.165, 1.54) is 12.8 Å². The average Bonchev–Trinajstić information content (AvgIpc) is 3.29. The van der Waals surface area contributed by atoms with Crippen LogP contribution in [-0.2, 0) is 6.42 Å². The molecule has 0 atom stereocenters. The van der Waals surface area contributed by atoms with Crippen LogP contribution in [0.25, 0.3) is 16.2 Å². The van der Waals surface area contributed by atoms with Gasteiger partial charge in [-0.05, 0) is 54.9 Å². The van der Waals surface area contributed by atoms with Crippen molar-refractivity contribution in [2.75, 3.05) is 0 Å². The van der Waals surface area contributed by atoms with Crippen LogP contribution in [0.4, 0.5) is 0 Å². The Morgan fingerprint density at radius 1 is 1.26 bits per heavy atom. The molecule has 3 heterocycles. The van der Waals surface area contributed by atoms with Crippen LogP contribution in [-0.4, -0.2) is 19.6 Å². The summed E-state index contributed by atoms with van der Waals surface area (Å²) in [5, 5.41) is 6.80. The van der Waals surface area contributed by atoms with Gasteiger partial charge in [0.15, 0.2) is 11.3 Å². The fraction of sp³-hybridized carbons (Fsp3) is 0.571. The summed E-state index contributed by atoms with van der Waals surface area (Å²) < 4.78 is 1.84. The van der Waals surface area contributed by atoms with E-state index in [0.29, 0.717) is 22.7 Å². The third-order valence-corrected chi connectivity index (χ3v) is 6.88. The van der Waals surface area contributed by atoms with Crippen LogP contribution in [0.5, 0.6) is 0 Å². The second-order valence-corrected chi connectivity index (χ2v) is 9.67. The van der Waals surface area contributed by atoms with Gasteiger partial charge in [-0.1, -0.05) is 33.8 Å². The second kappa shape index (κ2) is 6.89. The molecule has 1 aliphatic carbocycles. The van der Waals surface area contributed by atoms with Crippen LogP contribution in [0, 0.1) is 11.3 Å². The lowest BCUT2D eigenvalue weighted by molar-refractivity contribution is 0.167. The van der Waals surface area contributed by atoms with E-state index in [2.05, 4.69) is 32.7 Å². The first-order valence-corrected chi connectivity index (χ1v) is 10.8. The molecule has 0 aliphatic heterocycles. The molecule has 0 bridgehead atoms. The van der Waals surface area contributed by atoms with Crippen molar-refractivity contribution in [1.29, 1.82) is 0 Å². The molecule has 4 rings (SSSR count). The summed E-state index contributed by atoms with van der Waals surface area (Å²) in [5.74, 6) is 2.73. The van der Waals surface area contributed by atoms with E-state index in [1.54, 1.807) is 11.3 Å². The highest BCUT2D eigenvalue weighted by Gasteiger charge is 2.32. The Morgan fingerprint density at radius 3 is 2.59 bits per heavy atom. The van der Waals surface area contributed by atoms with E-state index in [0.717, 1.165) is 41.6 Å². The maximum atomic E-state index is 12.8. The highest BCUT2D eigenvalue weighted by molar-refractivity contribution is 7.13. The normalized spacial score (nSPS) is 21.0. The monoisotopic (exact) mass is 384 g/mol. The number of fused-ring (bicyclic) bond motifs is 1. The molecule has 3 aromatic rings. The summed E-state index contributed by atoms with van der Waals surface area (Å²) in [5.41, 5.74) is 1.74. The van der Waals surface area contributed by atoms with E-state index in [9.17, 15) is 4.79 Å². The molecular weight excluding hydrogens is 356 g/mol. The van der Waals surface area contributed by atoms with Gasteiger partial charge < -0.3 is 4.98 Å². The Labute approximate surface area is 163 Å². The zero-order valence-electron chi connectivity index (χ0n) is 16.6. The lowest BCUT2D eigenvalue weighted by Gasteiger charge is -2.36. The van der Waals surface area contributed by atoms with Gasteiger partial charge in [0.05, 0.1) is 10.6 Å². The van der Waals surface area contributed by atoms with E-state index in [4.69, 9.17) is 10.1 Å². The minimum atomic E-state index is -0.0904. The zero-order chi connectivity index (χ0) is 19.2. The first-order valence-electron chi connectivity index (χ1n) is 9.94. The molecule has 0 aromatic carbocycles. The zero-order valence-corrected chi connectivity index (χ0v) is 17.4. The van der Waals surface area contributed by atoms with Crippen LogP contribution in [0.15, 0.2) is 22.3 Å². The fourth-order valence-corrected chi connectivity index (χ4v) is 5.01. The van der Waals surface area contributed by atoms with Crippen LogP contribution in [0.1, 0.15) is 70.8 Å². The Balaban J connectivity index is 1.76. The minimum absolute atomic E-state index is 0.0904. The molecule has 0 radical (unpaired) electrons. The highest BCUT2D eigenvalue weighted by atomic mass is 32.1. The third kappa shape index (κ3) is 3.35. The Hall–Kier alpha value is -1.95. The molecule has 0 amide bonds. The average molecular weight is 385 g/mol. The van der Waals surface area contributed by atoms with Crippen LogP contribution in [0.3, 0.4) is 0 Å². The van der Waals surface area contributed by atoms with Crippen molar-refractivity contribution < 1.29 is 0 Å². The third-order valence-electron chi connectivity index (χ3n) is 6.01. The molecule has 0 spiro atoms. The Bertz CT molecular complexity index is 986. The molecule has 5 nitrogen and oxygen atoms in total. The van der Waals surface area contributed by atoms with Crippen molar-refractivity contribution in [3.8, 4) is 10.7 Å². The molecule has 3 aromatic heterocycles. The van der Waals surface area contributed by atoms with Gasteiger partial charge in [-0.15, -0.1) is 16.4 Å². The topological polar surface area (TPSA) is 63.1 Å². The number of hydrogen-bond donors (Lipinski definition) is 1. The largest absolute Gasteiger partial charge is 0.303 e. The summed E-state index contributed by atoms with van der Waals surface area (Å²) in [7, 11) is 0. The number of imidazole rings is 1. The fourth-order valence-electron chi connectivity index (χ4n) is 4.35. The van der Waals surface area contributed by atoms with Gasteiger partial charge >= 0.3 is 0 Å². The maximum Gasteiger partial charge on any atom is 0.277 e. The van der Waals surface area contributed by atoms with Gasteiger partial charge in [-0.2, -0.15) is 0 Å². The number of hydrogen-bond acceptors (Lipinski definition) is 4. The lowest BCUT2D eigenvalue weighted by Crippen LogP contribution is -2.26. The van der Waals surface area contributed by atoms with Gasteiger partial charge in [0.25, 0.3) is 5.56 Å². The van der Waals surface area contributed by atoms with Crippen molar-refractivity contribution in [2.45, 2.75) is 65.7 Å². The number of aromatic nitrogens is 4. The van der Waals surface area contributed by atoms with E-state index >= 15 is 0 Å². The lowest BCUT2D eigenvalue weighted by atomic mass is 9.70. The first-order chi connectivity index (χ1) is 12.9.